The third-order valence-electron chi connectivity index (χ3n) is 6.37. The molecule has 34 heavy (non-hydrogen) atoms. The van der Waals surface area contributed by atoms with Crippen molar-refractivity contribution in [1.29, 1.82) is 0 Å². The number of fused-ring (bicyclic) bond motifs is 1. The van der Waals surface area contributed by atoms with Crippen LogP contribution in [0.4, 0.5) is 0 Å². The molecule has 3 aliphatic heterocycles. The Balaban J connectivity index is 1.50. The van der Waals surface area contributed by atoms with Gasteiger partial charge in [-0.25, -0.2) is 4.99 Å². The van der Waals surface area contributed by atoms with Crippen LogP contribution in [0.2, 0.25) is 0 Å². The van der Waals surface area contributed by atoms with E-state index in [1.54, 1.807) is 25.8 Å². The number of rotatable bonds is 7. The molecule has 1 aromatic carbocycles. The third kappa shape index (κ3) is 4.55. The van der Waals surface area contributed by atoms with Crippen molar-refractivity contribution in [1.82, 2.24) is 5.01 Å². The minimum atomic E-state index is -1.19. The highest BCUT2D eigenvalue weighted by molar-refractivity contribution is 6.02. The standard InChI is InChI=1S/C24H30N4O6/c1-14(2)23(31)33-20-17(12-32-19(29)11-15-7-5-4-6-8-15)34-24(3,21(20)30)18-10-9-16-22(25)26-13-27-28(16)18/h4-9,13-14,17-18,20-21,30H,10-12H2,1-3H3,(H2,25,26,27)/t17-,18?,20-,21-,24+/m1/s1. The summed E-state index contributed by atoms with van der Waals surface area (Å²) in [5.41, 5.74) is 6.24. The van der Waals surface area contributed by atoms with E-state index in [1.165, 1.54) is 6.34 Å². The van der Waals surface area contributed by atoms with Crippen LogP contribution in [0.25, 0.3) is 0 Å². The molecule has 3 aliphatic rings. The van der Waals surface area contributed by atoms with Gasteiger partial charge < -0.3 is 25.1 Å². The summed E-state index contributed by atoms with van der Waals surface area (Å²) >= 11 is 0. The fourth-order valence-electron chi connectivity index (χ4n) is 4.43. The first-order valence-corrected chi connectivity index (χ1v) is 11.3. The lowest BCUT2D eigenvalue weighted by atomic mass is 9.87. The summed E-state index contributed by atoms with van der Waals surface area (Å²) in [6.45, 7) is 4.97. The number of amidine groups is 1. The number of hydrogen-bond donors (Lipinski definition) is 2. The minimum absolute atomic E-state index is 0.0981. The number of nitrogens with zero attached hydrogens (tertiary/aromatic N) is 3. The second-order valence-corrected chi connectivity index (χ2v) is 9.12. The molecule has 3 heterocycles. The largest absolute Gasteiger partial charge is 0.463 e. The normalized spacial score (nSPS) is 30.1. The lowest BCUT2D eigenvalue weighted by Gasteiger charge is -2.39. The molecule has 0 aliphatic carbocycles. The van der Waals surface area contributed by atoms with Gasteiger partial charge in [-0.15, -0.1) is 0 Å². The van der Waals surface area contributed by atoms with Crippen molar-refractivity contribution in [2.45, 2.75) is 63.6 Å². The van der Waals surface area contributed by atoms with E-state index >= 15 is 0 Å². The van der Waals surface area contributed by atoms with Crippen molar-refractivity contribution in [2.24, 2.45) is 21.7 Å². The molecule has 0 aromatic heterocycles. The van der Waals surface area contributed by atoms with Crippen LogP contribution < -0.4 is 5.73 Å². The minimum Gasteiger partial charge on any atom is -0.463 e. The fourth-order valence-corrected chi connectivity index (χ4v) is 4.43. The molecule has 1 saturated heterocycles. The molecule has 10 nitrogen and oxygen atoms in total. The lowest BCUT2D eigenvalue weighted by Crippen LogP contribution is -2.55. The van der Waals surface area contributed by atoms with Crippen LogP contribution in [-0.4, -0.2) is 70.8 Å². The van der Waals surface area contributed by atoms with Crippen LogP contribution in [0.1, 0.15) is 32.8 Å². The number of aliphatic hydroxyl groups is 1. The van der Waals surface area contributed by atoms with Gasteiger partial charge in [-0.1, -0.05) is 50.3 Å². The Hall–Kier alpha value is -3.24. The Morgan fingerprint density at radius 1 is 1.32 bits per heavy atom. The number of benzene rings is 1. The summed E-state index contributed by atoms with van der Waals surface area (Å²) in [6, 6.07) is 8.80. The molecule has 182 valence electrons. The Labute approximate surface area is 198 Å². The number of esters is 2. The predicted octanol–water partition coefficient (Wildman–Crippen LogP) is 1.13. The zero-order valence-corrected chi connectivity index (χ0v) is 19.5. The molecule has 10 heteroatoms. The number of nitrogens with two attached hydrogens (primary N) is 1. The molecule has 1 aromatic rings. The Morgan fingerprint density at radius 2 is 2.06 bits per heavy atom. The molecular formula is C24H30N4O6. The second-order valence-electron chi connectivity index (χ2n) is 9.12. The van der Waals surface area contributed by atoms with E-state index in [9.17, 15) is 14.7 Å². The predicted molar refractivity (Wildman–Crippen MR) is 124 cm³/mol. The van der Waals surface area contributed by atoms with Gasteiger partial charge in [-0.3, -0.25) is 14.6 Å². The summed E-state index contributed by atoms with van der Waals surface area (Å²) in [5.74, 6) is -0.998. The number of aliphatic hydroxyl groups excluding tert-OH is 1. The van der Waals surface area contributed by atoms with Crippen molar-refractivity contribution in [3.8, 4) is 0 Å². The first-order chi connectivity index (χ1) is 16.2. The van der Waals surface area contributed by atoms with Crippen LogP contribution in [0, 0.1) is 5.92 Å². The summed E-state index contributed by atoms with van der Waals surface area (Å²) in [6.07, 6.45) is 0.738. The topological polar surface area (TPSA) is 136 Å². The van der Waals surface area contributed by atoms with E-state index in [1.807, 2.05) is 36.4 Å². The maximum atomic E-state index is 12.4. The SMILES string of the molecule is CC(C)C(=O)O[C@H]1[C@@H](O)[C@](C)(C2CC=C3C(N)=NC=NN32)O[C@@H]1COC(=O)Cc1ccccc1. The van der Waals surface area contributed by atoms with Crippen molar-refractivity contribution in [2.75, 3.05) is 6.61 Å². The highest BCUT2D eigenvalue weighted by Gasteiger charge is 2.60. The maximum Gasteiger partial charge on any atom is 0.310 e. The summed E-state index contributed by atoms with van der Waals surface area (Å²) in [7, 11) is 0. The third-order valence-corrected chi connectivity index (χ3v) is 6.37. The molecule has 0 saturated carbocycles. The average Bonchev–Trinajstić information content (AvgIpc) is 3.35. The Morgan fingerprint density at radius 3 is 2.76 bits per heavy atom. The summed E-state index contributed by atoms with van der Waals surface area (Å²) in [5, 5.41) is 17.3. The monoisotopic (exact) mass is 470 g/mol. The van der Waals surface area contributed by atoms with Crippen LogP contribution >= 0.6 is 0 Å². The number of aliphatic imine (C=N–C) groups is 1. The van der Waals surface area contributed by atoms with Crippen LogP contribution in [0.15, 0.2) is 52.2 Å². The fraction of sp³-hybridized carbons (Fsp3) is 0.500. The number of carbonyl (C=O) groups excluding carboxylic acids is 2. The van der Waals surface area contributed by atoms with Gasteiger partial charge in [-0.2, -0.15) is 5.10 Å². The van der Waals surface area contributed by atoms with Gasteiger partial charge in [0.05, 0.1) is 24.1 Å². The molecular weight excluding hydrogens is 440 g/mol. The molecule has 0 spiro atoms. The van der Waals surface area contributed by atoms with E-state index < -0.39 is 47.8 Å². The van der Waals surface area contributed by atoms with E-state index in [2.05, 4.69) is 10.1 Å². The van der Waals surface area contributed by atoms with Crippen molar-refractivity contribution in [3.05, 3.63) is 47.7 Å². The van der Waals surface area contributed by atoms with Gasteiger partial charge in [-0.05, 0) is 18.9 Å². The molecule has 1 unspecified atom stereocenters. The highest BCUT2D eigenvalue weighted by Crippen LogP contribution is 2.43. The van der Waals surface area contributed by atoms with E-state index in [0.717, 1.165) is 5.56 Å². The molecule has 0 bridgehead atoms. The van der Waals surface area contributed by atoms with E-state index in [-0.39, 0.29) is 13.0 Å². The van der Waals surface area contributed by atoms with Crippen molar-refractivity contribution < 1.29 is 28.9 Å². The number of hydrogen-bond acceptors (Lipinski definition) is 10. The number of hydrazone groups is 1. The van der Waals surface area contributed by atoms with Crippen LogP contribution in [-0.2, 0) is 30.2 Å². The van der Waals surface area contributed by atoms with Gasteiger partial charge in [0.1, 0.15) is 30.8 Å². The number of ether oxygens (including phenoxy) is 3. The zero-order chi connectivity index (χ0) is 24.5. The molecule has 4 rings (SSSR count). The molecule has 3 N–H and O–H groups in total. The Kier molecular flexibility index (Phi) is 6.72. The van der Waals surface area contributed by atoms with Gasteiger partial charge in [0.2, 0.25) is 0 Å². The lowest BCUT2D eigenvalue weighted by molar-refractivity contribution is -0.163. The second kappa shape index (κ2) is 9.55. The van der Waals surface area contributed by atoms with Crippen LogP contribution in [0.3, 0.4) is 0 Å². The maximum absolute atomic E-state index is 12.4. The first-order valence-electron chi connectivity index (χ1n) is 11.3. The van der Waals surface area contributed by atoms with E-state index in [0.29, 0.717) is 18.0 Å². The van der Waals surface area contributed by atoms with Crippen molar-refractivity contribution in [3.63, 3.8) is 0 Å². The van der Waals surface area contributed by atoms with Gasteiger partial charge in [0, 0.05) is 0 Å². The molecule has 1 fully saturated rings. The van der Waals surface area contributed by atoms with Gasteiger partial charge >= 0.3 is 11.9 Å². The summed E-state index contributed by atoms with van der Waals surface area (Å²) < 4.78 is 17.4. The quantitative estimate of drug-likeness (QED) is 0.566. The zero-order valence-electron chi connectivity index (χ0n) is 19.5. The average molecular weight is 471 g/mol. The first kappa shape index (κ1) is 23.9. The smallest absolute Gasteiger partial charge is 0.310 e. The van der Waals surface area contributed by atoms with Gasteiger partial charge in [0.25, 0.3) is 0 Å². The van der Waals surface area contributed by atoms with Crippen molar-refractivity contribution >= 4 is 24.1 Å². The van der Waals surface area contributed by atoms with E-state index in [4.69, 9.17) is 19.9 Å². The molecule has 5 atom stereocenters. The number of carbonyl (C=O) groups is 2. The molecule has 0 radical (unpaired) electrons. The van der Waals surface area contributed by atoms with Gasteiger partial charge in [0.15, 0.2) is 11.9 Å². The molecule has 0 amide bonds. The highest BCUT2D eigenvalue weighted by atomic mass is 16.6. The Bertz CT molecular complexity index is 1020. The van der Waals surface area contributed by atoms with Crippen LogP contribution in [0.5, 0.6) is 0 Å². The summed E-state index contributed by atoms with van der Waals surface area (Å²) in [4.78, 5) is 28.8.